The number of carbonyl (C=O) groups excluding carboxylic acids is 1. The first-order valence-corrected chi connectivity index (χ1v) is 7.91. The highest BCUT2D eigenvalue weighted by atomic mass is 32.2. The van der Waals surface area contributed by atoms with Crippen LogP contribution in [0.2, 0.25) is 0 Å². The predicted molar refractivity (Wildman–Crippen MR) is 73.6 cm³/mol. The first-order valence-electron chi connectivity index (χ1n) is 6.02. The van der Waals surface area contributed by atoms with E-state index in [-0.39, 0.29) is 16.8 Å². The van der Waals surface area contributed by atoms with E-state index in [1.54, 1.807) is 6.07 Å². The van der Waals surface area contributed by atoms with Gasteiger partial charge in [0.15, 0.2) is 9.84 Å². The van der Waals surface area contributed by atoms with E-state index in [1.165, 1.54) is 12.1 Å². The molecule has 1 heterocycles. The fourth-order valence-corrected chi connectivity index (χ4v) is 2.66. The lowest BCUT2D eigenvalue weighted by Gasteiger charge is -2.24. The standard InChI is InChI=1S/C12H17N3O3S/c1-19(17,18)8-4-5-10(9(13)7-8)15-11-3-2-6-14-12(11)16/h4-5,7,11,15H,2-3,6,13H2,1H3,(H,14,16). The van der Waals surface area contributed by atoms with E-state index in [0.29, 0.717) is 17.9 Å². The number of nitrogen functional groups attached to an aromatic ring is 1. The molecule has 0 aliphatic carbocycles. The van der Waals surface area contributed by atoms with Crippen LogP contribution in [0.4, 0.5) is 11.4 Å². The van der Waals surface area contributed by atoms with E-state index >= 15 is 0 Å². The molecule has 0 aromatic heterocycles. The van der Waals surface area contributed by atoms with Gasteiger partial charge < -0.3 is 16.4 Å². The summed E-state index contributed by atoms with van der Waals surface area (Å²) in [5.41, 5.74) is 6.72. The summed E-state index contributed by atoms with van der Waals surface area (Å²) in [5.74, 6) is -0.0576. The van der Waals surface area contributed by atoms with Gasteiger partial charge in [-0.1, -0.05) is 0 Å². The molecule has 6 nitrogen and oxygen atoms in total. The first-order chi connectivity index (χ1) is 8.88. The SMILES string of the molecule is CS(=O)(=O)c1ccc(NC2CCCNC2=O)c(N)c1. The molecule has 104 valence electrons. The number of nitrogens with one attached hydrogen (secondary N) is 2. The van der Waals surface area contributed by atoms with Gasteiger partial charge in [0.1, 0.15) is 6.04 Å². The molecule has 19 heavy (non-hydrogen) atoms. The number of carbonyl (C=O) groups is 1. The summed E-state index contributed by atoms with van der Waals surface area (Å²) in [6.45, 7) is 0.694. The second kappa shape index (κ2) is 5.08. The topological polar surface area (TPSA) is 101 Å². The highest BCUT2D eigenvalue weighted by Gasteiger charge is 2.22. The Morgan fingerprint density at radius 2 is 2.16 bits per heavy atom. The lowest BCUT2D eigenvalue weighted by atomic mass is 10.1. The van der Waals surface area contributed by atoms with Crippen molar-refractivity contribution < 1.29 is 13.2 Å². The molecule has 1 aliphatic rings. The van der Waals surface area contributed by atoms with Gasteiger partial charge in [-0.15, -0.1) is 0 Å². The smallest absolute Gasteiger partial charge is 0.242 e. The summed E-state index contributed by atoms with van der Waals surface area (Å²) in [6.07, 6.45) is 2.77. The molecule has 2 rings (SSSR count). The van der Waals surface area contributed by atoms with Gasteiger partial charge in [-0.25, -0.2) is 8.42 Å². The number of hydrogen-bond donors (Lipinski definition) is 3. The maximum absolute atomic E-state index is 11.6. The van der Waals surface area contributed by atoms with Crippen molar-refractivity contribution in [2.75, 3.05) is 23.9 Å². The van der Waals surface area contributed by atoms with E-state index in [2.05, 4.69) is 10.6 Å². The van der Waals surface area contributed by atoms with Crippen LogP contribution in [0, 0.1) is 0 Å². The number of nitrogens with two attached hydrogens (primary N) is 1. The van der Waals surface area contributed by atoms with Crippen molar-refractivity contribution in [3.8, 4) is 0 Å². The normalized spacial score (nSPS) is 19.8. The second-order valence-electron chi connectivity index (χ2n) is 4.65. The van der Waals surface area contributed by atoms with Crippen molar-refractivity contribution in [2.24, 2.45) is 0 Å². The fraction of sp³-hybridized carbons (Fsp3) is 0.417. The summed E-state index contributed by atoms with van der Waals surface area (Å²) in [4.78, 5) is 11.8. The van der Waals surface area contributed by atoms with Crippen LogP contribution in [0.25, 0.3) is 0 Å². The Morgan fingerprint density at radius 3 is 2.74 bits per heavy atom. The highest BCUT2D eigenvalue weighted by Crippen LogP contribution is 2.24. The molecule has 0 spiro atoms. The number of hydrogen-bond acceptors (Lipinski definition) is 5. The predicted octanol–water partition coefficient (Wildman–Crippen LogP) is 0.363. The van der Waals surface area contributed by atoms with Gasteiger partial charge in [-0.2, -0.15) is 0 Å². The summed E-state index contributed by atoms with van der Waals surface area (Å²) in [7, 11) is -3.27. The maximum atomic E-state index is 11.6. The molecule has 1 aliphatic heterocycles. The summed E-state index contributed by atoms with van der Waals surface area (Å²) in [5, 5.41) is 5.82. The Balaban J connectivity index is 2.20. The number of amides is 1. The zero-order chi connectivity index (χ0) is 14.0. The second-order valence-corrected chi connectivity index (χ2v) is 6.67. The van der Waals surface area contributed by atoms with Crippen molar-refractivity contribution in [1.82, 2.24) is 5.32 Å². The minimum atomic E-state index is -3.27. The Hall–Kier alpha value is -1.76. The number of rotatable bonds is 3. The molecule has 0 radical (unpaired) electrons. The van der Waals surface area contributed by atoms with Crippen LogP contribution in [0.15, 0.2) is 23.1 Å². The highest BCUT2D eigenvalue weighted by molar-refractivity contribution is 7.90. The maximum Gasteiger partial charge on any atom is 0.242 e. The van der Waals surface area contributed by atoms with Gasteiger partial charge >= 0.3 is 0 Å². The van der Waals surface area contributed by atoms with Crippen molar-refractivity contribution in [3.63, 3.8) is 0 Å². The Kier molecular flexibility index (Phi) is 3.66. The molecular weight excluding hydrogens is 266 g/mol. The third-order valence-corrected chi connectivity index (χ3v) is 4.18. The van der Waals surface area contributed by atoms with Gasteiger partial charge in [0.25, 0.3) is 0 Å². The molecule has 7 heteroatoms. The molecule has 1 unspecified atom stereocenters. The third-order valence-electron chi connectivity index (χ3n) is 3.07. The van der Waals surface area contributed by atoms with Gasteiger partial charge in [0.05, 0.1) is 16.3 Å². The van der Waals surface area contributed by atoms with Gasteiger partial charge in [0.2, 0.25) is 5.91 Å². The van der Waals surface area contributed by atoms with Crippen LogP contribution in [0.5, 0.6) is 0 Å². The molecular formula is C12H17N3O3S. The molecule has 0 saturated carbocycles. The third kappa shape index (κ3) is 3.17. The van der Waals surface area contributed by atoms with Crippen LogP contribution in [0.1, 0.15) is 12.8 Å². The number of sulfone groups is 1. The van der Waals surface area contributed by atoms with Crippen molar-refractivity contribution in [2.45, 2.75) is 23.8 Å². The lowest BCUT2D eigenvalue weighted by Crippen LogP contribution is -2.44. The van der Waals surface area contributed by atoms with Crippen LogP contribution >= 0.6 is 0 Å². The van der Waals surface area contributed by atoms with Crippen molar-refractivity contribution in [3.05, 3.63) is 18.2 Å². The van der Waals surface area contributed by atoms with Crippen LogP contribution < -0.4 is 16.4 Å². The average Bonchev–Trinajstić information content (AvgIpc) is 2.33. The summed E-state index contributed by atoms with van der Waals surface area (Å²) < 4.78 is 22.8. The Morgan fingerprint density at radius 1 is 1.42 bits per heavy atom. The van der Waals surface area contributed by atoms with Crippen LogP contribution in [-0.2, 0) is 14.6 Å². The van der Waals surface area contributed by atoms with E-state index in [9.17, 15) is 13.2 Å². The molecule has 1 aromatic carbocycles. The van der Waals surface area contributed by atoms with E-state index in [4.69, 9.17) is 5.73 Å². The van der Waals surface area contributed by atoms with Crippen LogP contribution in [-0.4, -0.2) is 33.2 Å². The molecule has 4 N–H and O–H groups in total. The van der Waals surface area contributed by atoms with Crippen LogP contribution in [0.3, 0.4) is 0 Å². The minimum absolute atomic E-state index is 0.0576. The molecule has 0 bridgehead atoms. The van der Waals surface area contributed by atoms with E-state index in [0.717, 1.165) is 19.1 Å². The zero-order valence-corrected chi connectivity index (χ0v) is 11.5. The zero-order valence-electron chi connectivity index (χ0n) is 10.6. The molecule has 1 saturated heterocycles. The summed E-state index contributed by atoms with van der Waals surface area (Å²) in [6, 6.07) is 4.15. The molecule has 1 aromatic rings. The van der Waals surface area contributed by atoms with Crippen molar-refractivity contribution in [1.29, 1.82) is 0 Å². The lowest BCUT2D eigenvalue weighted by molar-refractivity contribution is -0.123. The van der Waals surface area contributed by atoms with Crippen molar-refractivity contribution >= 4 is 27.1 Å². The number of piperidine rings is 1. The monoisotopic (exact) mass is 283 g/mol. The fourth-order valence-electron chi connectivity index (χ4n) is 2.00. The Bertz CT molecular complexity index is 598. The molecule has 1 atom stereocenters. The molecule has 1 amide bonds. The van der Waals surface area contributed by atoms with Gasteiger partial charge in [0, 0.05) is 12.8 Å². The Labute approximate surface area is 112 Å². The summed E-state index contributed by atoms with van der Waals surface area (Å²) >= 11 is 0. The number of benzene rings is 1. The quantitative estimate of drug-likeness (QED) is 0.695. The van der Waals surface area contributed by atoms with E-state index < -0.39 is 9.84 Å². The van der Waals surface area contributed by atoms with Gasteiger partial charge in [-0.3, -0.25) is 4.79 Å². The largest absolute Gasteiger partial charge is 0.397 e. The first kappa shape index (κ1) is 13.7. The molecule has 1 fully saturated rings. The van der Waals surface area contributed by atoms with E-state index in [1.807, 2.05) is 0 Å². The minimum Gasteiger partial charge on any atom is -0.397 e. The average molecular weight is 283 g/mol. The number of anilines is 2. The van der Waals surface area contributed by atoms with Gasteiger partial charge in [-0.05, 0) is 31.0 Å².